The van der Waals surface area contributed by atoms with Crippen LogP contribution in [-0.2, 0) is 9.59 Å². The molecular formula is C15H20N2O3. The molecule has 2 rings (SSSR count). The number of nitrogens with one attached hydrogen (secondary N) is 1. The number of ether oxygens (including phenoxy) is 1. The van der Waals surface area contributed by atoms with E-state index in [1.807, 2.05) is 0 Å². The van der Waals surface area contributed by atoms with Crippen LogP contribution in [0.4, 0.5) is 5.69 Å². The van der Waals surface area contributed by atoms with Crippen molar-refractivity contribution in [3.05, 3.63) is 24.3 Å². The second kappa shape index (κ2) is 6.93. The zero-order valence-electron chi connectivity index (χ0n) is 11.4. The maximum Gasteiger partial charge on any atom is 0.255 e. The summed E-state index contributed by atoms with van der Waals surface area (Å²) >= 11 is 0. The van der Waals surface area contributed by atoms with Gasteiger partial charge in [-0.15, -0.1) is 0 Å². The van der Waals surface area contributed by atoms with Crippen LogP contribution in [0.1, 0.15) is 32.1 Å². The van der Waals surface area contributed by atoms with Gasteiger partial charge in [0.1, 0.15) is 5.75 Å². The minimum Gasteiger partial charge on any atom is -0.484 e. The number of carbonyl (C=O) groups is 2. The molecular weight excluding hydrogens is 256 g/mol. The van der Waals surface area contributed by atoms with Crippen molar-refractivity contribution in [1.82, 2.24) is 0 Å². The van der Waals surface area contributed by atoms with Gasteiger partial charge in [0.2, 0.25) is 5.91 Å². The molecule has 5 nitrogen and oxygen atoms in total. The molecule has 0 unspecified atom stereocenters. The maximum atomic E-state index is 11.9. The van der Waals surface area contributed by atoms with Gasteiger partial charge in [-0.25, -0.2) is 0 Å². The van der Waals surface area contributed by atoms with Gasteiger partial charge in [-0.05, 0) is 43.0 Å². The Bertz CT molecular complexity index is 465. The first kappa shape index (κ1) is 14.4. The number of rotatable bonds is 6. The van der Waals surface area contributed by atoms with Crippen molar-refractivity contribution in [2.24, 2.45) is 11.7 Å². The minimum atomic E-state index is -0.515. The van der Waals surface area contributed by atoms with E-state index in [-0.39, 0.29) is 12.5 Å². The SMILES string of the molecule is NC(=O)COc1ccc(NC(=O)CC2CCCC2)cc1. The Hall–Kier alpha value is -2.04. The largest absolute Gasteiger partial charge is 0.484 e. The van der Waals surface area contributed by atoms with Gasteiger partial charge in [0.25, 0.3) is 5.91 Å². The van der Waals surface area contributed by atoms with E-state index in [4.69, 9.17) is 10.5 Å². The molecule has 1 aliphatic rings. The van der Waals surface area contributed by atoms with E-state index in [2.05, 4.69) is 5.32 Å². The smallest absolute Gasteiger partial charge is 0.255 e. The Morgan fingerprint density at radius 3 is 2.45 bits per heavy atom. The number of nitrogens with two attached hydrogens (primary N) is 1. The van der Waals surface area contributed by atoms with Crippen molar-refractivity contribution < 1.29 is 14.3 Å². The second-order valence-electron chi connectivity index (χ2n) is 5.18. The number of anilines is 1. The molecule has 0 atom stereocenters. The summed E-state index contributed by atoms with van der Waals surface area (Å²) in [7, 11) is 0. The highest BCUT2D eigenvalue weighted by atomic mass is 16.5. The van der Waals surface area contributed by atoms with Gasteiger partial charge >= 0.3 is 0 Å². The zero-order valence-corrected chi connectivity index (χ0v) is 11.4. The number of benzene rings is 1. The maximum absolute atomic E-state index is 11.9. The van der Waals surface area contributed by atoms with E-state index < -0.39 is 5.91 Å². The molecule has 1 aromatic carbocycles. The third-order valence-corrected chi connectivity index (χ3v) is 3.47. The van der Waals surface area contributed by atoms with E-state index >= 15 is 0 Å². The second-order valence-corrected chi connectivity index (χ2v) is 5.18. The molecule has 0 saturated heterocycles. The van der Waals surface area contributed by atoms with E-state index in [0.29, 0.717) is 18.1 Å². The number of amides is 2. The first-order valence-corrected chi connectivity index (χ1v) is 6.94. The van der Waals surface area contributed by atoms with Crippen LogP contribution in [0.25, 0.3) is 0 Å². The molecule has 0 aliphatic heterocycles. The molecule has 5 heteroatoms. The quantitative estimate of drug-likeness (QED) is 0.834. The van der Waals surface area contributed by atoms with Crippen LogP contribution in [0.15, 0.2) is 24.3 Å². The van der Waals surface area contributed by atoms with Crippen LogP contribution >= 0.6 is 0 Å². The summed E-state index contributed by atoms with van der Waals surface area (Å²) in [6.45, 7) is -0.145. The molecule has 0 spiro atoms. The third kappa shape index (κ3) is 4.57. The molecule has 20 heavy (non-hydrogen) atoms. The van der Waals surface area contributed by atoms with Gasteiger partial charge in [0.15, 0.2) is 6.61 Å². The van der Waals surface area contributed by atoms with Crippen LogP contribution in [0.5, 0.6) is 5.75 Å². The topological polar surface area (TPSA) is 81.4 Å². The Balaban J connectivity index is 1.80. The Morgan fingerprint density at radius 2 is 1.85 bits per heavy atom. The zero-order chi connectivity index (χ0) is 14.4. The summed E-state index contributed by atoms with van der Waals surface area (Å²) in [6.07, 6.45) is 5.40. The van der Waals surface area contributed by atoms with E-state index in [1.165, 1.54) is 12.8 Å². The first-order valence-electron chi connectivity index (χ1n) is 6.94. The molecule has 1 fully saturated rings. The molecule has 0 aromatic heterocycles. The fraction of sp³-hybridized carbons (Fsp3) is 0.467. The number of hydrogen-bond donors (Lipinski definition) is 2. The van der Waals surface area contributed by atoms with E-state index in [0.717, 1.165) is 18.5 Å². The monoisotopic (exact) mass is 276 g/mol. The summed E-state index contributed by atoms with van der Waals surface area (Å²) in [5, 5.41) is 2.87. The van der Waals surface area contributed by atoms with E-state index in [1.54, 1.807) is 24.3 Å². The van der Waals surface area contributed by atoms with Gasteiger partial charge in [-0.3, -0.25) is 9.59 Å². The lowest BCUT2D eigenvalue weighted by molar-refractivity contribution is -0.120. The Labute approximate surface area is 118 Å². The average Bonchev–Trinajstić information content (AvgIpc) is 2.90. The lowest BCUT2D eigenvalue weighted by Crippen LogP contribution is -2.20. The van der Waals surface area contributed by atoms with Crippen molar-refractivity contribution in [3.8, 4) is 5.75 Å². The Kier molecular flexibility index (Phi) is 4.98. The Morgan fingerprint density at radius 1 is 1.20 bits per heavy atom. The van der Waals surface area contributed by atoms with Gasteiger partial charge in [-0.1, -0.05) is 12.8 Å². The number of hydrogen-bond acceptors (Lipinski definition) is 3. The van der Waals surface area contributed by atoms with Crippen LogP contribution < -0.4 is 15.8 Å². The van der Waals surface area contributed by atoms with Crippen LogP contribution in [0.2, 0.25) is 0 Å². The van der Waals surface area contributed by atoms with Crippen molar-refractivity contribution in [2.45, 2.75) is 32.1 Å². The third-order valence-electron chi connectivity index (χ3n) is 3.47. The normalized spacial score (nSPS) is 15.0. The van der Waals surface area contributed by atoms with Crippen LogP contribution in [0, 0.1) is 5.92 Å². The first-order chi connectivity index (χ1) is 9.63. The van der Waals surface area contributed by atoms with Crippen molar-refractivity contribution in [2.75, 3.05) is 11.9 Å². The molecule has 0 bridgehead atoms. The van der Waals surface area contributed by atoms with Crippen LogP contribution in [0.3, 0.4) is 0 Å². The van der Waals surface area contributed by atoms with Gasteiger partial charge < -0.3 is 15.8 Å². The van der Waals surface area contributed by atoms with Crippen molar-refractivity contribution in [1.29, 1.82) is 0 Å². The van der Waals surface area contributed by atoms with Gasteiger partial charge in [0, 0.05) is 12.1 Å². The summed E-state index contributed by atoms with van der Waals surface area (Å²) in [5.74, 6) is 0.632. The fourth-order valence-electron chi connectivity index (χ4n) is 2.48. The lowest BCUT2D eigenvalue weighted by atomic mass is 10.0. The standard InChI is InChI=1S/C15H20N2O3/c16-14(18)10-20-13-7-5-12(6-8-13)17-15(19)9-11-3-1-2-4-11/h5-8,11H,1-4,9-10H2,(H2,16,18)(H,17,19). The predicted octanol–water partition coefficient (Wildman–Crippen LogP) is 2.07. The molecule has 3 N–H and O–H groups in total. The summed E-state index contributed by atoms with van der Waals surface area (Å²) in [5.41, 5.74) is 5.73. The van der Waals surface area contributed by atoms with E-state index in [9.17, 15) is 9.59 Å². The average molecular weight is 276 g/mol. The number of primary amides is 1. The number of carbonyl (C=O) groups excluding carboxylic acids is 2. The molecule has 1 saturated carbocycles. The fourth-order valence-corrected chi connectivity index (χ4v) is 2.48. The summed E-state index contributed by atoms with van der Waals surface area (Å²) < 4.78 is 5.15. The molecule has 0 heterocycles. The van der Waals surface area contributed by atoms with Crippen molar-refractivity contribution in [3.63, 3.8) is 0 Å². The van der Waals surface area contributed by atoms with Gasteiger partial charge in [-0.2, -0.15) is 0 Å². The molecule has 2 amide bonds. The summed E-state index contributed by atoms with van der Waals surface area (Å²) in [6, 6.07) is 6.91. The predicted molar refractivity (Wildman–Crippen MR) is 76.3 cm³/mol. The highest BCUT2D eigenvalue weighted by molar-refractivity contribution is 5.90. The molecule has 108 valence electrons. The molecule has 1 aromatic rings. The van der Waals surface area contributed by atoms with Crippen LogP contribution in [-0.4, -0.2) is 18.4 Å². The highest BCUT2D eigenvalue weighted by Gasteiger charge is 2.18. The molecule has 0 radical (unpaired) electrons. The van der Waals surface area contributed by atoms with Crippen molar-refractivity contribution >= 4 is 17.5 Å². The highest BCUT2D eigenvalue weighted by Crippen LogP contribution is 2.27. The lowest BCUT2D eigenvalue weighted by Gasteiger charge is -2.10. The van der Waals surface area contributed by atoms with Gasteiger partial charge in [0.05, 0.1) is 0 Å². The summed E-state index contributed by atoms with van der Waals surface area (Å²) in [4.78, 5) is 22.5. The minimum absolute atomic E-state index is 0.0581. The molecule has 1 aliphatic carbocycles.